The number of aliphatic imine (C=N–C) groups is 1. The SMILES string of the molecule is CN=C(NCc1cc(Br)cs1)N1CCC(OCC2CCCCO2)CC1. The van der Waals surface area contributed by atoms with Gasteiger partial charge in [-0.3, -0.25) is 4.99 Å². The van der Waals surface area contributed by atoms with Crippen molar-refractivity contribution in [3.05, 3.63) is 20.8 Å². The minimum Gasteiger partial charge on any atom is -0.376 e. The Balaban J connectivity index is 1.37. The molecule has 0 amide bonds. The topological polar surface area (TPSA) is 46.1 Å². The molecule has 0 aromatic carbocycles. The molecule has 3 heterocycles. The van der Waals surface area contributed by atoms with E-state index in [0.717, 1.165) is 62.5 Å². The lowest BCUT2D eigenvalue weighted by Crippen LogP contribution is -2.47. The summed E-state index contributed by atoms with van der Waals surface area (Å²) in [5.74, 6) is 0.985. The van der Waals surface area contributed by atoms with Crippen LogP contribution in [0.25, 0.3) is 0 Å². The lowest BCUT2D eigenvalue weighted by molar-refractivity contribution is -0.0721. The van der Waals surface area contributed by atoms with Crippen molar-refractivity contribution < 1.29 is 9.47 Å². The van der Waals surface area contributed by atoms with Crippen molar-refractivity contribution in [2.24, 2.45) is 4.99 Å². The van der Waals surface area contributed by atoms with Crippen LogP contribution in [-0.4, -0.2) is 56.4 Å². The van der Waals surface area contributed by atoms with E-state index in [1.807, 2.05) is 7.05 Å². The molecule has 2 fully saturated rings. The molecule has 2 aliphatic heterocycles. The van der Waals surface area contributed by atoms with Gasteiger partial charge in [0, 0.05) is 41.5 Å². The molecule has 2 saturated heterocycles. The second-order valence-corrected chi connectivity index (χ2v) is 8.55. The van der Waals surface area contributed by atoms with Gasteiger partial charge in [-0.15, -0.1) is 11.3 Å². The Labute approximate surface area is 162 Å². The van der Waals surface area contributed by atoms with Crippen LogP contribution in [0.4, 0.5) is 0 Å². The first-order chi connectivity index (χ1) is 12.2. The molecule has 7 heteroatoms. The maximum atomic E-state index is 6.10. The number of hydrogen-bond donors (Lipinski definition) is 1. The van der Waals surface area contributed by atoms with Crippen molar-refractivity contribution in [1.82, 2.24) is 10.2 Å². The zero-order chi connectivity index (χ0) is 17.5. The van der Waals surface area contributed by atoms with Gasteiger partial charge in [-0.1, -0.05) is 0 Å². The van der Waals surface area contributed by atoms with Crippen LogP contribution < -0.4 is 5.32 Å². The summed E-state index contributed by atoms with van der Waals surface area (Å²) in [6.07, 6.45) is 6.39. The van der Waals surface area contributed by atoms with Gasteiger partial charge in [-0.25, -0.2) is 0 Å². The fourth-order valence-corrected chi connectivity index (χ4v) is 4.75. The molecule has 1 aromatic rings. The maximum absolute atomic E-state index is 6.10. The van der Waals surface area contributed by atoms with E-state index < -0.39 is 0 Å². The predicted octanol–water partition coefficient (Wildman–Crippen LogP) is 3.64. The van der Waals surface area contributed by atoms with Gasteiger partial charge < -0.3 is 19.7 Å². The predicted molar refractivity (Wildman–Crippen MR) is 106 cm³/mol. The minimum atomic E-state index is 0.311. The summed E-state index contributed by atoms with van der Waals surface area (Å²) in [6, 6.07) is 2.15. The van der Waals surface area contributed by atoms with Crippen LogP contribution in [0.15, 0.2) is 20.9 Å². The van der Waals surface area contributed by atoms with Crippen LogP contribution in [0.1, 0.15) is 37.0 Å². The van der Waals surface area contributed by atoms with Gasteiger partial charge >= 0.3 is 0 Å². The van der Waals surface area contributed by atoms with Crippen LogP contribution in [0, 0.1) is 0 Å². The Morgan fingerprint density at radius 1 is 1.40 bits per heavy atom. The Morgan fingerprint density at radius 2 is 2.24 bits per heavy atom. The molecular formula is C18H28BrN3O2S. The lowest BCUT2D eigenvalue weighted by Gasteiger charge is -2.35. The van der Waals surface area contributed by atoms with E-state index >= 15 is 0 Å². The van der Waals surface area contributed by atoms with Crippen molar-refractivity contribution in [3.63, 3.8) is 0 Å². The molecule has 0 saturated carbocycles. The number of thiophene rings is 1. The molecule has 25 heavy (non-hydrogen) atoms. The fraction of sp³-hybridized carbons (Fsp3) is 0.722. The third-order valence-corrected chi connectivity index (χ3v) is 6.49. The Kier molecular flexibility index (Phi) is 7.58. The molecule has 1 aromatic heterocycles. The molecule has 0 spiro atoms. The third-order valence-electron chi connectivity index (χ3n) is 4.79. The van der Waals surface area contributed by atoms with Crippen molar-refractivity contribution in [2.75, 3.05) is 33.4 Å². The van der Waals surface area contributed by atoms with E-state index in [-0.39, 0.29) is 0 Å². The van der Waals surface area contributed by atoms with Gasteiger partial charge in [0.15, 0.2) is 5.96 Å². The smallest absolute Gasteiger partial charge is 0.193 e. The highest BCUT2D eigenvalue weighted by molar-refractivity contribution is 9.10. The van der Waals surface area contributed by atoms with Crippen molar-refractivity contribution >= 4 is 33.2 Å². The lowest BCUT2D eigenvalue weighted by atomic mass is 10.1. The van der Waals surface area contributed by atoms with E-state index in [2.05, 4.69) is 42.6 Å². The second kappa shape index (κ2) is 9.90. The molecular weight excluding hydrogens is 402 g/mol. The average Bonchev–Trinajstić information content (AvgIpc) is 3.07. The number of likely N-dealkylation sites (tertiary alicyclic amines) is 1. The summed E-state index contributed by atoms with van der Waals surface area (Å²) in [6.45, 7) is 4.45. The summed E-state index contributed by atoms with van der Waals surface area (Å²) in [4.78, 5) is 8.08. The van der Waals surface area contributed by atoms with Gasteiger partial charge in [-0.2, -0.15) is 0 Å². The standard InChI is InChI=1S/C18H28BrN3O2S/c1-20-18(21-11-17-10-14(19)13-25-17)22-7-5-15(6-8-22)24-12-16-4-2-3-9-23-16/h10,13,15-16H,2-9,11-12H2,1H3,(H,20,21). The number of hydrogen-bond acceptors (Lipinski definition) is 4. The quantitative estimate of drug-likeness (QED) is 0.573. The summed E-state index contributed by atoms with van der Waals surface area (Å²) in [5.41, 5.74) is 0. The fourth-order valence-electron chi connectivity index (χ4n) is 3.36. The highest BCUT2D eigenvalue weighted by atomic mass is 79.9. The Morgan fingerprint density at radius 3 is 2.88 bits per heavy atom. The summed E-state index contributed by atoms with van der Waals surface area (Å²) in [5, 5.41) is 5.58. The largest absolute Gasteiger partial charge is 0.376 e. The molecule has 1 atom stereocenters. The molecule has 2 aliphatic rings. The number of nitrogens with one attached hydrogen (secondary N) is 1. The number of piperidine rings is 1. The van der Waals surface area contributed by atoms with Crippen LogP contribution in [-0.2, 0) is 16.0 Å². The molecule has 0 radical (unpaired) electrons. The van der Waals surface area contributed by atoms with Gasteiger partial charge in [0.2, 0.25) is 0 Å². The van der Waals surface area contributed by atoms with E-state index in [0.29, 0.717) is 12.2 Å². The molecule has 5 nitrogen and oxygen atoms in total. The van der Waals surface area contributed by atoms with Crippen molar-refractivity contribution in [3.8, 4) is 0 Å². The van der Waals surface area contributed by atoms with E-state index in [1.54, 1.807) is 11.3 Å². The molecule has 140 valence electrons. The van der Waals surface area contributed by atoms with Crippen LogP contribution in [0.3, 0.4) is 0 Å². The Hall–Kier alpha value is -0.630. The molecule has 0 aliphatic carbocycles. The van der Waals surface area contributed by atoms with E-state index in [1.165, 1.54) is 17.7 Å². The maximum Gasteiger partial charge on any atom is 0.193 e. The molecule has 1 N–H and O–H groups in total. The van der Waals surface area contributed by atoms with Gasteiger partial charge in [0.1, 0.15) is 0 Å². The van der Waals surface area contributed by atoms with E-state index in [4.69, 9.17) is 9.47 Å². The first-order valence-electron chi connectivity index (χ1n) is 9.16. The summed E-state index contributed by atoms with van der Waals surface area (Å²) >= 11 is 5.26. The van der Waals surface area contributed by atoms with Gasteiger partial charge in [0.25, 0.3) is 0 Å². The summed E-state index contributed by atoms with van der Waals surface area (Å²) in [7, 11) is 1.86. The third kappa shape index (κ3) is 5.94. The highest BCUT2D eigenvalue weighted by Gasteiger charge is 2.23. The number of guanidine groups is 1. The molecule has 3 rings (SSSR count). The van der Waals surface area contributed by atoms with Gasteiger partial charge in [0.05, 0.1) is 25.4 Å². The normalized spacial score (nSPS) is 23.0. The zero-order valence-corrected chi connectivity index (χ0v) is 17.3. The number of rotatable bonds is 5. The Bertz CT molecular complexity index is 552. The number of halogens is 1. The first-order valence-corrected chi connectivity index (χ1v) is 10.8. The average molecular weight is 430 g/mol. The van der Waals surface area contributed by atoms with Crippen LogP contribution >= 0.6 is 27.3 Å². The van der Waals surface area contributed by atoms with Crippen LogP contribution in [0.5, 0.6) is 0 Å². The number of ether oxygens (including phenoxy) is 2. The highest BCUT2D eigenvalue weighted by Crippen LogP contribution is 2.20. The minimum absolute atomic E-state index is 0.311. The summed E-state index contributed by atoms with van der Waals surface area (Å²) < 4.78 is 13.0. The van der Waals surface area contributed by atoms with Crippen molar-refractivity contribution in [2.45, 2.75) is 50.9 Å². The van der Waals surface area contributed by atoms with E-state index in [9.17, 15) is 0 Å². The first kappa shape index (κ1) is 19.1. The number of nitrogens with zero attached hydrogens (tertiary/aromatic N) is 2. The zero-order valence-electron chi connectivity index (χ0n) is 14.9. The monoisotopic (exact) mass is 429 g/mol. The van der Waals surface area contributed by atoms with Gasteiger partial charge in [-0.05, 0) is 54.1 Å². The van der Waals surface area contributed by atoms with Crippen molar-refractivity contribution in [1.29, 1.82) is 0 Å². The van der Waals surface area contributed by atoms with Crippen LogP contribution in [0.2, 0.25) is 0 Å². The second-order valence-electron chi connectivity index (χ2n) is 6.64. The molecule has 0 bridgehead atoms. The molecule has 1 unspecified atom stereocenters.